The number of hydrogen-bond acceptors (Lipinski definition) is 4. The van der Waals surface area contributed by atoms with Gasteiger partial charge in [-0.1, -0.05) is 30.3 Å². The van der Waals surface area contributed by atoms with Crippen LogP contribution in [0.25, 0.3) is 0 Å². The Balaban J connectivity index is 1.46. The lowest BCUT2D eigenvalue weighted by atomic mass is 10.1. The Morgan fingerprint density at radius 2 is 1.78 bits per heavy atom. The lowest BCUT2D eigenvalue weighted by molar-refractivity contribution is -0.0329. The molecule has 0 aromatic heterocycles. The zero-order valence-corrected chi connectivity index (χ0v) is 13.5. The molecule has 3 rings (SSSR count). The quantitative estimate of drug-likeness (QED) is 0.820. The van der Waals surface area contributed by atoms with Crippen molar-refractivity contribution in [2.45, 2.75) is 6.10 Å². The van der Waals surface area contributed by atoms with Crippen molar-refractivity contribution < 1.29 is 14.2 Å². The highest BCUT2D eigenvalue weighted by Gasteiger charge is 2.21. The van der Waals surface area contributed by atoms with Crippen molar-refractivity contribution in [3.63, 3.8) is 0 Å². The van der Waals surface area contributed by atoms with Crippen molar-refractivity contribution >= 4 is 0 Å². The van der Waals surface area contributed by atoms with Gasteiger partial charge in [0.25, 0.3) is 0 Å². The fraction of sp³-hybridized carbons (Fsp3) is 0.368. The third-order valence-electron chi connectivity index (χ3n) is 4.06. The average Bonchev–Trinajstić information content (AvgIpc) is 2.63. The van der Waals surface area contributed by atoms with E-state index in [0.717, 1.165) is 37.7 Å². The summed E-state index contributed by atoms with van der Waals surface area (Å²) in [6.07, 6.45) is 0.158. The minimum Gasteiger partial charge on any atom is -0.497 e. The number of nitrogens with zero attached hydrogens (tertiary/aromatic N) is 1. The summed E-state index contributed by atoms with van der Waals surface area (Å²) in [5, 5.41) is 0. The van der Waals surface area contributed by atoms with Gasteiger partial charge in [-0.25, -0.2) is 0 Å². The minimum atomic E-state index is 0.158. The first-order valence-corrected chi connectivity index (χ1v) is 8.01. The summed E-state index contributed by atoms with van der Waals surface area (Å²) in [7, 11) is 1.66. The fourth-order valence-corrected chi connectivity index (χ4v) is 2.74. The maximum absolute atomic E-state index is 5.89. The third kappa shape index (κ3) is 4.47. The van der Waals surface area contributed by atoms with Crippen LogP contribution in [0, 0.1) is 0 Å². The monoisotopic (exact) mass is 313 g/mol. The second kappa shape index (κ2) is 7.99. The van der Waals surface area contributed by atoms with Crippen LogP contribution in [0.2, 0.25) is 0 Å². The van der Waals surface area contributed by atoms with Crippen LogP contribution in [0.15, 0.2) is 54.6 Å². The van der Waals surface area contributed by atoms with Gasteiger partial charge < -0.3 is 14.2 Å². The van der Waals surface area contributed by atoms with E-state index in [9.17, 15) is 0 Å². The molecule has 0 amide bonds. The van der Waals surface area contributed by atoms with Crippen LogP contribution in [0.1, 0.15) is 11.7 Å². The van der Waals surface area contributed by atoms with Gasteiger partial charge in [-0.05, 0) is 29.8 Å². The SMILES string of the molecule is COc1ccc(OCCN2CCOC(c3ccccc3)C2)cc1. The van der Waals surface area contributed by atoms with Gasteiger partial charge in [0, 0.05) is 19.6 Å². The van der Waals surface area contributed by atoms with Crippen LogP contribution in [0.3, 0.4) is 0 Å². The van der Waals surface area contributed by atoms with Gasteiger partial charge in [-0.15, -0.1) is 0 Å². The van der Waals surface area contributed by atoms with Crippen LogP contribution in [-0.4, -0.2) is 44.9 Å². The van der Waals surface area contributed by atoms with Crippen molar-refractivity contribution in [1.29, 1.82) is 0 Å². The van der Waals surface area contributed by atoms with Crippen molar-refractivity contribution in [3.05, 3.63) is 60.2 Å². The molecule has 1 heterocycles. The Morgan fingerprint density at radius 3 is 2.52 bits per heavy atom. The van der Waals surface area contributed by atoms with E-state index < -0.39 is 0 Å². The smallest absolute Gasteiger partial charge is 0.119 e. The topological polar surface area (TPSA) is 30.9 Å². The molecule has 2 aromatic carbocycles. The first-order valence-electron chi connectivity index (χ1n) is 8.01. The molecule has 1 aliphatic rings. The number of morpholine rings is 1. The van der Waals surface area contributed by atoms with Crippen LogP contribution < -0.4 is 9.47 Å². The molecule has 1 aliphatic heterocycles. The molecule has 1 saturated heterocycles. The van der Waals surface area contributed by atoms with Crippen LogP contribution in [0.4, 0.5) is 0 Å². The highest BCUT2D eigenvalue weighted by Crippen LogP contribution is 2.22. The summed E-state index contributed by atoms with van der Waals surface area (Å²) >= 11 is 0. The first kappa shape index (κ1) is 15.8. The van der Waals surface area contributed by atoms with Crippen molar-refractivity contribution in [2.75, 3.05) is 40.0 Å². The molecular formula is C19H23NO3. The number of hydrogen-bond donors (Lipinski definition) is 0. The molecule has 4 nitrogen and oxygen atoms in total. The van der Waals surface area contributed by atoms with E-state index >= 15 is 0 Å². The van der Waals surface area contributed by atoms with Gasteiger partial charge in [-0.2, -0.15) is 0 Å². The summed E-state index contributed by atoms with van der Waals surface area (Å²) in [5.41, 5.74) is 1.24. The summed E-state index contributed by atoms with van der Waals surface area (Å²) in [5.74, 6) is 1.72. The molecule has 0 aliphatic carbocycles. The van der Waals surface area contributed by atoms with Gasteiger partial charge in [0.2, 0.25) is 0 Å². The van der Waals surface area contributed by atoms with Crippen molar-refractivity contribution in [3.8, 4) is 11.5 Å². The third-order valence-corrected chi connectivity index (χ3v) is 4.06. The van der Waals surface area contributed by atoms with E-state index in [0.29, 0.717) is 6.61 Å². The molecule has 1 unspecified atom stereocenters. The Morgan fingerprint density at radius 1 is 1.04 bits per heavy atom. The van der Waals surface area contributed by atoms with Crippen LogP contribution >= 0.6 is 0 Å². The zero-order chi connectivity index (χ0) is 15.9. The second-order valence-corrected chi connectivity index (χ2v) is 5.59. The molecule has 1 atom stereocenters. The van der Waals surface area contributed by atoms with Gasteiger partial charge in [-0.3, -0.25) is 4.90 Å². The molecule has 4 heteroatoms. The minimum absolute atomic E-state index is 0.158. The molecule has 23 heavy (non-hydrogen) atoms. The molecule has 122 valence electrons. The first-order chi connectivity index (χ1) is 11.3. The van der Waals surface area contributed by atoms with Crippen molar-refractivity contribution in [2.24, 2.45) is 0 Å². The number of benzene rings is 2. The standard InChI is InChI=1S/C19H23NO3/c1-21-17-7-9-18(10-8-17)22-13-11-20-12-14-23-19(15-20)16-5-3-2-4-6-16/h2-10,19H,11-15H2,1H3. The summed E-state index contributed by atoms with van der Waals surface area (Å²) < 4.78 is 16.8. The molecular weight excluding hydrogens is 290 g/mol. The highest BCUT2D eigenvalue weighted by molar-refractivity contribution is 5.31. The molecule has 2 aromatic rings. The van der Waals surface area contributed by atoms with Gasteiger partial charge in [0.05, 0.1) is 19.8 Å². The maximum atomic E-state index is 5.89. The maximum Gasteiger partial charge on any atom is 0.119 e. The van der Waals surface area contributed by atoms with E-state index in [-0.39, 0.29) is 6.10 Å². The zero-order valence-electron chi connectivity index (χ0n) is 13.5. The molecule has 0 saturated carbocycles. The predicted octanol–water partition coefficient (Wildman–Crippen LogP) is 3.15. The van der Waals surface area contributed by atoms with E-state index in [1.54, 1.807) is 7.11 Å². The van der Waals surface area contributed by atoms with E-state index in [4.69, 9.17) is 14.2 Å². The predicted molar refractivity (Wildman–Crippen MR) is 90.1 cm³/mol. The van der Waals surface area contributed by atoms with Crippen LogP contribution in [0.5, 0.6) is 11.5 Å². The van der Waals surface area contributed by atoms with E-state index in [1.807, 2.05) is 30.3 Å². The average molecular weight is 313 g/mol. The van der Waals surface area contributed by atoms with Crippen molar-refractivity contribution in [1.82, 2.24) is 4.90 Å². The number of methoxy groups -OCH3 is 1. The largest absolute Gasteiger partial charge is 0.497 e. The Kier molecular flexibility index (Phi) is 5.51. The number of ether oxygens (including phenoxy) is 3. The molecule has 0 radical (unpaired) electrons. The summed E-state index contributed by atoms with van der Waals surface area (Å²) in [6.45, 7) is 4.21. The van der Waals surface area contributed by atoms with Crippen LogP contribution in [-0.2, 0) is 4.74 Å². The Hall–Kier alpha value is -2.04. The normalized spacial score (nSPS) is 18.6. The Bertz CT molecular complexity index is 585. The molecule has 0 spiro atoms. The van der Waals surface area contributed by atoms with E-state index in [1.165, 1.54) is 5.56 Å². The van der Waals surface area contributed by atoms with E-state index in [2.05, 4.69) is 29.2 Å². The lowest BCUT2D eigenvalue weighted by Gasteiger charge is -2.33. The fourth-order valence-electron chi connectivity index (χ4n) is 2.74. The van der Waals surface area contributed by atoms with Gasteiger partial charge in [0.1, 0.15) is 18.1 Å². The summed E-state index contributed by atoms with van der Waals surface area (Å²) in [6, 6.07) is 18.1. The highest BCUT2D eigenvalue weighted by atomic mass is 16.5. The molecule has 0 N–H and O–H groups in total. The van der Waals surface area contributed by atoms with Gasteiger partial charge >= 0.3 is 0 Å². The summed E-state index contributed by atoms with van der Waals surface area (Å²) in [4.78, 5) is 2.39. The Labute approximate surface area is 137 Å². The number of rotatable bonds is 6. The lowest BCUT2D eigenvalue weighted by Crippen LogP contribution is -2.40. The van der Waals surface area contributed by atoms with Gasteiger partial charge in [0.15, 0.2) is 0 Å². The molecule has 1 fully saturated rings. The second-order valence-electron chi connectivity index (χ2n) is 5.59. The molecule has 0 bridgehead atoms.